The largest absolute Gasteiger partial charge is 0.311 e. The van der Waals surface area contributed by atoms with Gasteiger partial charge in [-0.3, -0.25) is 5.10 Å². The summed E-state index contributed by atoms with van der Waals surface area (Å²) < 4.78 is 0. The van der Waals surface area contributed by atoms with Crippen molar-refractivity contribution in [1.82, 2.24) is 15.5 Å². The van der Waals surface area contributed by atoms with Crippen LogP contribution in [0, 0.1) is 5.92 Å². The lowest BCUT2D eigenvalue weighted by Crippen LogP contribution is -2.15. The molecule has 0 unspecified atom stereocenters. The minimum absolute atomic E-state index is 0. The van der Waals surface area contributed by atoms with Crippen LogP contribution in [0.4, 0.5) is 0 Å². The summed E-state index contributed by atoms with van der Waals surface area (Å²) in [6, 6.07) is 2.02. The smallest absolute Gasteiger partial charge is 0.0490 e. The van der Waals surface area contributed by atoms with Gasteiger partial charge in [0.2, 0.25) is 0 Å². The Bertz CT molecular complexity index is 255. The monoisotopic (exact) mass is 243 g/mol. The average molecular weight is 244 g/mol. The fraction of sp³-hybridized carbons (Fsp3) is 0.750. The van der Waals surface area contributed by atoms with Gasteiger partial charge in [-0.25, -0.2) is 0 Å². The molecule has 0 atom stereocenters. The van der Waals surface area contributed by atoms with E-state index in [1.54, 1.807) is 6.20 Å². The minimum atomic E-state index is 0. The molecular weight excluding hydrogens is 222 g/mol. The first-order chi connectivity index (χ1) is 7.45. The van der Waals surface area contributed by atoms with E-state index in [1.807, 2.05) is 6.07 Å². The lowest BCUT2D eigenvalue weighted by Gasteiger charge is -2.08. The van der Waals surface area contributed by atoms with Crippen LogP contribution in [0.5, 0.6) is 0 Å². The van der Waals surface area contributed by atoms with Gasteiger partial charge < -0.3 is 5.32 Å². The van der Waals surface area contributed by atoms with Gasteiger partial charge in [-0.1, -0.05) is 25.7 Å². The molecule has 16 heavy (non-hydrogen) atoms. The Kier molecular flexibility index (Phi) is 6.50. The van der Waals surface area contributed by atoms with E-state index < -0.39 is 0 Å². The molecule has 1 fully saturated rings. The Labute approximate surface area is 104 Å². The van der Waals surface area contributed by atoms with Gasteiger partial charge in [0, 0.05) is 18.4 Å². The predicted octanol–water partition coefficient (Wildman–Crippen LogP) is 2.89. The van der Waals surface area contributed by atoms with Crippen LogP contribution in [0.1, 0.15) is 44.2 Å². The van der Waals surface area contributed by atoms with E-state index in [0.29, 0.717) is 0 Å². The SMILES string of the molecule is Cl.c1cc(CNCCCC2CCCC2)[nH]n1. The molecule has 0 bridgehead atoms. The fourth-order valence-electron chi connectivity index (χ4n) is 2.42. The molecule has 2 rings (SSSR count). The Balaban J connectivity index is 0.00000128. The van der Waals surface area contributed by atoms with Crippen LogP contribution in [0.25, 0.3) is 0 Å². The topological polar surface area (TPSA) is 40.7 Å². The van der Waals surface area contributed by atoms with E-state index in [9.17, 15) is 0 Å². The molecule has 0 radical (unpaired) electrons. The van der Waals surface area contributed by atoms with E-state index in [4.69, 9.17) is 0 Å². The summed E-state index contributed by atoms with van der Waals surface area (Å²) in [5.74, 6) is 1.03. The maximum Gasteiger partial charge on any atom is 0.0490 e. The molecule has 1 heterocycles. The Morgan fingerprint density at radius 1 is 1.38 bits per heavy atom. The van der Waals surface area contributed by atoms with Crippen molar-refractivity contribution in [3.8, 4) is 0 Å². The standard InChI is InChI=1S/C12H21N3.ClH/c1-2-5-11(4-1)6-3-8-13-10-12-7-9-14-15-12;/h7,9,11,13H,1-6,8,10H2,(H,14,15);1H. The normalized spacial score (nSPS) is 16.2. The highest BCUT2D eigenvalue weighted by Gasteiger charge is 2.13. The summed E-state index contributed by atoms with van der Waals surface area (Å²) in [6.07, 6.45) is 10.4. The second-order valence-electron chi connectivity index (χ2n) is 4.55. The number of hydrogen-bond acceptors (Lipinski definition) is 2. The van der Waals surface area contributed by atoms with Crippen molar-refractivity contribution in [1.29, 1.82) is 0 Å². The van der Waals surface area contributed by atoms with Crippen molar-refractivity contribution in [3.05, 3.63) is 18.0 Å². The van der Waals surface area contributed by atoms with Crippen molar-refractivity contribution in [3.63, 3.8) is 0 Å². The zero-order valence-electron chi connectivity index (χ0n) is 9.74. The zero-order valence-corrected chi connectivity index (χ0v) is 10.6. The molecule has 0 spiro atoms. The van der Waals surface area contributed by atoms with E-state index in [0.717, 1.165) is 19.0 Å². The third-order valence-electron chi connectivity index (χ3n) is 3.31. The van der Waals surface area contributed by atoms with Gasteiger partial charge in [-0.05, 0) is 31.4 Å². The quantitative estimate of drug-likeness (QED) is 0.755. The van der Waals surface area contributed by atoms with E-state index in [-0.39, 0.29) is 12.4 Å². The summed E-state index contributed by atoms with van der Waals surface area (Å²) in [7, 11) is 0. The lowest BCUT2D eigenvalue weighted by molar-refractivity contribution is 0.469. The molecule has 92 valence electrons. The molecule has 1 aromatic heterocycles. The third-order valence-corrected chi connectivity index (χ3v) is 3.31. The number of nitrogens with one attached hydrogen (secondary N) is 2. The highest BCUT2D eigenvalue weighted by atomic mass is 35.5. The molecular formula is C12H22ClN3. The number of nitrogens with zero attached hydrogens (tertiary/aromatic N) is 1. The number of rotatable bonds is 6. The number of aromatic nitrogens is 2. The molecule has 4 heteroatoms. The third kappa shape index (κ3) is 4.54. The zero-order chi connectivity index (χ0) is 10.3. The Morgan fingerprint density at radius 3 is 2.88 bits per heavy atom. The Morgan fingerprint density at radius 2 is 2.19 bits per heavy atom. The van der Waals surface area contributed by atoms with Crippen LogP contribution in [0.2, 0.25) is 0 Å². The van der Waals surface area contributed by atoms with Crippen LogP contribution in [-0.2, 0) is 6.54 Å². The second kappa shape index (κ2) is 7.69. The van der Waals surface area contributed by atoms with Crippen molar-refractivity contribution < 1.29 is 0 Å². The van der Waals surface area contributed by atoms with Gasteiger partial charge in [0.15, 0.2) is 0 Å². The molecule has 0 aromatic carbocycles. The second-order valence-corrected chi connectivity index (χ2v) is 4.55. The number of halogens is 1. The molecule has 0 aliphatic heterocycles. The van der Waals surface area contributed by atoms with E-state index >= 15 is 0 Å². The van der Waals surface area contributed by atoms with Crippen LogP contribution in [-0.4, -0.2) is 16.7 Å². The Hall–Kier alpha value is -0.540. The van der Waals surface area contributed by atoms with Gasteiger partial charge in [-0.2, -0.15) is 5.10 Å². The van der Waals surface area contributed by atoms with Gasteiger partial charge in [0.1, 0.15) is 0 Å². The average Bonchev–Trinajstić information content (AvgIpc) is 2.88. The summed E-state index contributed by atoms with van der Waals surface area (Å²) in [4.78, 5) is 0. The van der Waals surface area contributed by atoms with Crippen molar-refractivity contribution in [2.75, 3.05) is 6.54 Å². The maximum atomic E-state index is 3.92. The fourth-order valence-corrected chi connectivity index (χ4v) is 2.42. The first kappa shape index (κ1) is 13.5. The van der Waals surface area contributed by atoms with Crippen molar-refractivity contribution in [2.24, 2.45) is 5.92 Å². The predicted molar refractivity (Wildman–Crippen MR) is 68.7 cm³/mol. The minimum Gasteiger partial charge on any atom is -0.311 e. The van der Waals surface area contributed by atoms with Crippen LogP contribution < -0.4 is 5.32 Å². The first-order valence-corrected chi connectivity index (χ1v) is 6.14. The van der Waals surface area contributed by atoms with Gasteiger partial charge in [0.25, 0.3) is 0 Å². The van der Waals surface area contributed by atoms with Crippen molar-refractivity contribution in [2.45, 2.75) is 45.1 Å². The van der Waals surface area contributed by atoms with Crippen LogP contribution in [0.15, 0.2) is 12.3 Å². The van der Waals surface area contributed by atoms with Gasteiger partial charge in [-0.15, -0.1) is 12.4 Å². The first-order valence-electron chi connectivity index (χ1n) is 6.14. The summed E-state index contributed by atoms with van der Waals surface area (Å²) in [5.41, 5.74) is 1.18. The molecule has 0 saturated heterocycles. The number of H-pyrrole nitrogens is 1. The maximum absolute atomic E-state index is 3.92. The molecule has 1 aromatic rings. The highest BCUT2D eigenvalue weighted by Crippen LogP contribution is 2.28. The summed E-state index contributed by atoms with van der Waals surface area (Å²) in [5, 5.41) is 10.3. The molecule has 2 N–H and O–H groups in total. The number of hydrogen-bond donors (Lipinski definition) is 2. The van der Waals surface area contributed by atoms with E-state index in [1.165, 1.54) is 44.2 Å². The summed E-state index contributed by atoms with van der Waals surface area (Å²) in [6.45, 7) is 2.06. The van der Waals surface area contributed by atoms with Crippen molar-refractivity contribution >= 4 is 12.4 Å². The highest BCUT2D eigenvalue weighted by molar-refractivity contribution is 5.85. The molecule has 1 saturated carbocycles. The molecule has 0 amide bonds. The number of aromatic amines is 1. The van der Waals surface area contributed by atoms with Gasteiger partial charge in [0.05, 0.1) is 0 Å². The molecule has 1 aliphatic rings. The molecule has 3 nitrogen and oxygen atoms in total. The van der Waals surface area contributed by atoms with E-state index in [2.05, 4.69) is 15.5 Å². The van der Waals surface area contributed by atoms with Crippen LogP contribution >= 0.6 is 12.4 Å². The molecule has 1 aliphatic carbocycles. The lowest BCUT2D eigenvalue weighted by atomic mass is 10.0. The van der Waals surface area contributed by atoms with Crippen LogP contribution in [0.3, 0.4) is 0 Å². The van der Waals surface area contributed by atoms with Gasteiger partial charge >= 0.3 is 0 Å². The summed E-state index contributed by atoms with van der Waals surface area (Å²) >= 11 is 0.